The van der Waals surface area contributed by atoms with Gasteiger partial charge in [-0.2, -0.15) is 0 Å². The van der Waals surface area contributed by atoms with Crippen molar-refractivity contribution in [1.29, 1.82) is 0 Å². The third kappa shape index (κ3) is 4.83. The number of aryl methyl sites for hydroxylation is 1. The molecule has 0 saturated heterocycles. The molecule has 0 saturated carbocycles. The lowest BCUT2D eigenvalue weighted by atomic mass is 9.72. The quantitative estimate of drug-likeness (QED) is 0.571. The van der Waals surface area contributed by atoms with Crippen molar-refractivity contribution in [2.45, 2.75) is 53.5 Å². The summed E-state index contributed by atoms with van der Waals surface area (Å²) in [6.07, 6.45) is 2.82. The fourth-order valence-corrected chi connectivity index (χ4v) is 5.45. The number of aromatic nitrogens is 3. The van der Waals surface area contributed by atoms with Gasteiger partial charge in [0.2, 0.25) is 5.91 Å². The minimum absolute atomic E-state index is 0.215. The van der Waals surface area contributed by atoms with E-state index in [1.165, 1.54) is 4.88 Å². The highest BCUT2D eigenvalue weighted by atomic mass is 32.1. The van der Waals surface area contributed by atoms with Crippen LogP contribution >= 0.6 is 11.3 Å². The van der Waals surface area contributed by atoms with Crippen molar-refractivity contribution in [2.75, 3.05) is 11.9 Å². The van der Waals surface area contributed by atoms with Crippen LogP contribution in [-0.2, 0) is 28.9 Å². The van der Waals surface area contributed by atoms with Crippen LogP contribution in [0.3, 0.4) is 0 Å². The molecule has 9 heteroatoms. The SMILES string of the molecule is CCOC(=O)c1ccc(NC(=O)Cn2nnc3sc4c(c3c2=O)CC[C@@H](C(C)(C)C)C4)cc1. The molecule has 0 aliphatic heterocycles. The number of carbonyl (C=O) groups excluding carboxylic acids is 2. The number of fused-ring (bicyclic) bond motifs is 3. The summed E-state index contributed by atoms with van der Waals surface area (Å²) in [7, 11) is 0. The average Bonchev–Trinajstić information content (AvgIpc) is 3.14. The predicted octanol–water partition coefficient (Wildman–Crippen LogP) is 3.82. The van der Waals surface area contributed by atoms with E-state index < -0.39 is 11.9 Å². The summed E-state index contributed by atoms with van der Waals surface area (Å²) in [5.74, 6) is -0.251. The van der Waals surface area contributed by atoms with E-state index in [0.717, 1.165) is 29.5 Å². The van der Waals surface area contributed by atoms with Crippen molar-refractivity contribution >= 4 is 39.1 Å². The first-order valence-electron chi connectivity index (χ1n) is 11.1. The summed E-state index contributed by atoms with van der Waals surface area (Å²) in [5, 5.41) is 11.6. The lowest BCUT2D eigenvalue weighted by molar-refractivity contribution is -0.117. The highest BCUT2D eigenvalue weighted by Crippen LogP contribution is 2.41. The molecule has 1 atom stereocenters. The lowest BCUT2D eigenvalue weighted by Gasteiger charge is -2.33. The first-order valence-corrected chi connectivity index (χ1v) is 11.9. The second-order valence-electron chi connectivity index (χ2n) is 9.39. The Morgan fingerprint density at radius 2 is 1.97 bits per heavy atom. The van der Waals surface area contributed by atoms with Crippen LogP contribution in [-0.4, -0.2) is 33.5 Å². The molecule has 1 aliphatic rings. The van der Waals surface area contributed by atoms with Gasteiger partial charge in [-0.25, -0.2) is 9.48 Å². The molecule has 33 heavy (non-hydrogen) atoms. The maximum Gasteiger partial charge on any atom is 0.338 e. The fraction of sp³-hybridized carbons (Fsp3) is 0.458. The molecular formula is C24H28N4O4S. The Balaban J connectivity index is 1.50. The number of rotatable bonds is 5. The molecule has 8 nitrogen and oxygen atoms in total. The number of hydrogen-bond donors (Lipinski definition) is 1. The van der Waals surface area contributed by atoms with Crippen LogP contribution in [0.4, 0.5) is 5.69 Å². The summed E-state index contributed by atoms with van der Waals surface area (Å²) in [5.41, 5.74) is 1.92. The first kappa shape index (κ1) is 23.1. The molecule has 1 N–H and O–H groups in total. The van der Waals surface area contributed by atoms with E-state index in [4.69, 9.17) is 4.74 Å². The number of ether oxygens (including phenoxy) is 1. The molecule has 1 aromatic carbocycles. The number of carbonyl (C=O) groups is 2. The second-order valence-corrected chi connectivity index (χ2v) is 10.5. The summed E-state index contributed by atoms with van der Waals surface area (Å²) in [6.45, 7) is 8.56. The third-order valence-corrected chi connectivity index (χ3v) is 7.28. The van der Waals surface area contributed by atoms with Crippen LogP contribution in [0, 0.1) is 11.3 Å². The molecule has 4 rings (SSSR count). The van der Waals surface area contributed by atoms with Gasteiger partial charge in [0.25, 0.3) is 5.56 Å². The predicted molar refractivity (Wildman–Crippen MR) is 128 cm³/mol. The number of anilines is 1. The van der Waals surface area contributed by atoms with Gasteiger partial charge in [-0.1, -0.05) is 26.0 Å². The van der Waals surface area contributed by atoms with E-state index in [1.807, 2.05) is 0 Å². The Hall–Kier alpha value is -3.07. The monoisotopic (exact) mass is 468 g/mol. The molecule has 0 spiro atoms. The van der Waals surface area contributed by atoms with E-state index in [2.05, 4.69) is 36.4 Å². The number of esters is 1. The van der Waals surface area contributed by atoms with Gasteiger partial charge < -0.3 is 10.1 Å². The van der Waals surface area contributed by atoms with Crippen LogP contribution in [0.1, 0.15) is 54.9 Å². The normalized spacial score (nSPS) is 15.8. The molecule has 0 unspecified atom stereocenters. The minimum Gasteiger partial charge on any atom is -0.462 e. The van der Waals surface area contributed by atoms with E-state index in [-0.39, 0.29) is 17.5 Å². The number of nitrogens with zero attached hydrogens (tertiary/aromatic N) is 3. The molecule has 2 heterocycles. The molecule has 3 aromatic rings. The maximum absolute atomic E-state index is 13.1. The third-order valence-electron chi connectivity index (χ3n) is 6.14. The zero-order valence-corrected chi connectivity index (χ0v) is 20.1. The van der Waals surface area contributed by atoms with Gasteiger partial charge in [-0.15, -0.1) is 16.4 Å². The molecule has 0 radical (unpaired) electrons. The molecule has 0 fully saturated rings. The topological polar surface area (TPSA) is 103 Å². The zero-order chi connectivity index (χ0) is 23.8. The molecule has 1 amide bonds. The van der Waals surface area contributed by atoms with Gasteiger partial charge in [-0.3, -0.25) is 9.59 Å². The van der Waals surface area contributed by atoms with Crippen LogP contribution in [0.2, 0.25) is 0 Å². The highest BCUT2D eigenvalue weighted by molar-refractivity contribution is 7.18. The molecule has 174 valence electrons. The van der Waals surface area contributed by atoms with Crippen LogP contribution in [0.15, 0.2) is 29.1 Å². The number of thiophene rings is 1. The van der Waals surface area contributed by atoms with Gasteiger partial charge in [0.1, 0.15) is 6.54 Å². The van der Waals surface area contributed by atoms with Crippen LogP contribution < -0.4 is 10.9 Å². The Bertz CT molecular complexity index is 1250. The van der Waals surface area contributed by atoms with Crippen molar-refractivity contribution < 1.29 is 14.3 Å². The summed E-state index contributed by atoms with van der Waals surface area (Å²) >= 11 is 1.55. The largest absolute Gasteiger partial charge is 0.462 e. The molecule has 0 bridgehead atoms. The summed E-state index contributed by atoms with van der Waals surface area (Å²) < 4.78 is 6.07. The zero-order valence-electron chi connectivity index (χ0n) is 19.3. The second kappa shape index (κ2) is 9.05. The smallest absolute Gasteiger partial charge is 0.338 e. The van der Waals surface area contributed by atoms with Crippen LogP contribution in [0.5, 0.6) is 0 Å². The lowest BCUT2D eigenvalue weighted by Crippen LogP contribution is -2.31. The van der Waals surface area contributed by atoms with E-state index in [0.29, 0.717) is 34.0 Å². The standard InChI is InChI=1S/C24H28N4O4S/c1-5-32-23(31)14-6-9-16(10-7-14)25-19(29)13-28-22(30)20-17-11-8-15(24(2,3)4)12-18(17)33-21(20)26-27-28/h6-7,9-10,15H,5,8,11-13H2,1-4H3,(H,25,29)/t15-/m1/s1. The summed E-state index contributed by atoms with van der Waals surface area (Å²) in [6, 6.07) is 6.38. The van der Waals surface area contributed by atoms with Crippen molar-refractivity contribution in [1.82, 2.24) is 15.0 Å². The minimum atomic E-state index is -0.418. The number of hydrogen-bond acceptors (Lipinski definition) is 7. The van der Waals surface area contributed by atoms with E-state index in [1.54, 1.807) is 42.5 Å². The Morgan fingerprint density at radius 1 is 1.24 bits per heavy atom. The Morgan fingerprint density at radius 3 is 2.64 bits per heavy atom. The fourth-order valence-electron chi connectivity index (χ4n) is 4.21. The van der Waals surface area contributed by atoms with Crippen molar-refractivity contribution in [2.24, 2.45) is 11.3 Å². The van der Waals surface area contributed by atoms with Gasteiger partial charge in [0, 0.05) is 10.6 Å². The van der Waals surface area contributed by atoms with E-state index in [9.17, 15) is 14.4 Å². The summed E-state index contributed by atoms with van der Waals surface area (Å²) in [4.78, 5) is 39.3. The molecule has 1 aliphatic carbocycles. The van der Waals surface area contributed by atoms with Gasteiger partial charge in [0.05, 0.1) is 17.6 Å². The van der Waals surface area contributed by atoms with Gasteiger partial charge in [0.15, 0.2) is 4.83 Å². The number of benzene rings is 1. The van der Waals surface area contributed by atoms with E-state index >= 15 is 0 Å². The number of nitrogens with one attached hydrogen (secondary N) is 1. The van der Waals surface area contributed by atoms with Crippen LogP contribution in [0.25, 0.3) is 10.2 Å². The Kier molecular flexibility index (Phi) is 6.34. The maximum atomic E-state index is 13.1. The average molecular weight is 469 g/mol. The van der Waals surface area contributed by atoms with Gasteiger partial charge >= 0.3 is 5.97 Å². The molecule has 2 aromatic heterocycles. The molecular weight excluding hydrogens is 440 g/mol. The van der Waals surface area contributed by atoms with Crippen molar-refractivity contribution in [3.63, 3.8) is 0 Å². The van der Waals surface area contributed by atoms with Gasteiger partial charge in [-0.05, 0) is 67.3 Å². The highest BCUT2D eigenvalue weighted by Gasteiger charge is 2.32. The van der Waals surface area contributed by atoms with Crippen molar-refractivity contribution in [3.05, 3.63) is 50.6 Å². The Labute approximate surface area is 196 Å². The first-order chi connectivity index (χ1) is 15.7. The van der Waals surface area contributed by atoms with Crippen molar-refractivity contribution in [3.8, 4) is 0 Å². The number of amides is 1.